The van der Waals surface area contributed by atoms with Crippen molar-refractivity contribution in [3.63, 3.8) is 0 Å². The van der Waals surface area contributed by atoms with Crippen molar-refractivity contribution in [1.82, 2.24) is 4.72 Å². The number of carboxylic acids is 1. The fourth-order valence-electron chi connectivity index (χ4n) is 0.511. The Kier molecular flexibility index (Phi) is 4.37. The fourth-order valence-corrected chi connectivity index (χ4v) is 1.44. The van der Waals surface area contributed by atoms with Gasteiger partial charge in [0.15, 0.2) is 5.75 Å². The first kappa shape index (κ1) is 11.9. The van der Waals surface area contributed by atoms with Crippen LogP contribution in [0, 0.1) is 17.2 Å². The highest BCUT2D eigenvalue weighted by Gasteiger charge is 2.15. The second-order valence-electron chi connectivity index (χ2n) is 2.53. The van der Waals surface area contributed by atoms with Gasteiger partial charge in [-0.1, -0.05) is 0 Å². The molecule has 0 heterocycles. The normalized spacial score (nSPS) is 13.2. The molecule has 0 aliphatic heterocycles. The van der Waals surface area contributed by atoms with Gasteiger partial charge < -0.3 is 5.11 Å². The molecule has 0 radical (unpaired) electrons. The zero-order valence-electron chi connectivity index (χ0n) is 7.02. The summed E-state index contributed by atoms with van der Waals surface area (Å²) in [7, 11) is -3.79. The second-order valence-corrected chi connectivity index (χ2v) is 4.34. The molecule has 1 atom stereocenters. The fraction of sp³-hybridized carbons (Fsp3) is 0.667. The number of carbonyl (C=O) groups is 1. The van der Waals surface area contributed by atoms with Gasteiger partial charge in [0.25, 0.3) is 0 Å². The first-order valence-electron chi connectivity index (χ1n) is 3.46. The monoisotopic (exact) mass is 206 g/mol. The highest BCUT2D eigenvalue weighted by Crippen LogP contribution is 1.91. The van der Waals surface area contributed by atoms with Gasteiger partial charge in [-0.25, -0.2) is 13.1 Å². The number of nitrogens with one attached hydrogen (secondary N) is 1. The molecule has 0 saturated carbocycles. The molecule has 13 heavy (non-hydrogen) atoms. The summed E-state index contributed by atoms with van der Waals surface area (Å²) in [5.41, 5.74) is 0. The quantitative estimate of drug-likeness (QED) is 0.609. The highest BCUT2D eigenvalue weighted by atomic mass is 32.2. The van der Waals surface area contributed by atoms with Gasteiger partial charge in [-0.15, -0.1) is 0 Å². The van der Waals surface area contributed by atoms with Crippen LogP contribution in [0.2, 0.25) is 0 Å². The SMILES string of the molecule is CC(C#N)CNS(=O)(=O)CC(=O)O. The van der Waals surface area contributed by atoms with E-state index in [-0.39, 0.29) is 6.54 Å². The van der Waals surface area contributed by atoms with Crippen LogP contribution >= 0.6 is 0 Å². The number of carboxylic acid groups (broad SMARTS) is 1. The molecule has 0 aromatic heterocycles. The molecule has 0 fully saturated rings. The van der Waals surface area contributed by atoms with Gasteiger partial charge in [-0.05, 0) is 6.92 Å². The van der Waals surface area contributed by atoms with E-state index in [1.165, 1.54) is 6.92 Å². The summed E-state index contributed by atoms with van der Waals surface area (Å²) in [4.78, 5) is 10.0. The summed E-state index contributed by atoms with van der Waals surface area (Å²) in [5.74, 6) is -2.86. The number of hydrogen-bond donors (Lipinski definition) is 2. The molecule has 0 aliphatic rings. The molecule has 7 heteroatoms. The summed E-state index contributed by atoms with van der Waals surface area (Å²) in [6, 6.07) is 1.82. The molecule has 1 unspecified atom stereocenters. The molecule has 2 N–H and O–H groups in total. The Labute approximate surface area is 76.2 Å². The minimum Gasteiger partial charge on any atom is -0.480 e. The summed E-state index contributed by atoms with van der Waals surface area (Å²) in [5, 5.41) is 16.5. The third-order valence-corrected chi connectivity index (χ3v) is 2.38. The molecule has 6 nitrogen and oxygen atoms in total. The molecular formula is C6H10N2O4S. The van der Waals surface area contributed by atoms with E-state index < -0.39 is 27.7 Å². The summed E-state index contributed by atoms with van der Waals surface area (Å²) in [6.07, 6.45) is 0. The topological polar surface area (TPSA) is 107 Å². The lowest BCUT2D eigenvalue weighted by Gasteiger charge is -2.04. The second kappa shape index (κ2) is 4.79. The van der Waals surface area contributed by atoms with Crippen molar-refractivity contribution in [1.29, 1.82) is 5.26 Å². The number of sulfonamides is 1. The molecular weight excluding hydrogens is 196 g/mol. The minimum absolute atomic E-state index is 0.0634. The molecule has 0 saturated heterocycles. The van der Waals surface area contributed by atoms with Gasteiger partial charge in [0.05, 0.1) is 12.0 Å². The van der Waals surface area contributed by atoms with Gasteiger partial charge in [-0.3, -0.25) is 4.79 Å². The number of nitriles is 1. The maximum atomic E-state index is 10.9. The van der Waals surface area contributed by atoms with E-state index in [1.54, 1.807) is 0 Å². The standard InChI is InChI=1S/C6H10N2O4S/c1-5(2-7)3-8-13(11,12)4-6(9)10/h5,8H,3-4H2,1H3,(H,9,10). The molecule has 0 aromatic rings. The van der Waals surface area contributed by atoms with E-state index >= 15 is 0 Å². The Balaban J connectivity index is 4.07. The maximum Gasteiger partial charge on any atom is 0.320 e. The van der Waals surface area contributed by atoms with Crippen LogP contribution in [0.5, 0.6) is 0 Å². The van der Waals surface area contributed by atoms with E-state index in [9.17, 15) is 13.2 Å². The summed E-state index contributed by atoms with van der Waals surface area (Å²) < 4.78 is 23.7. The highest BCUT2D eigenvalue weighted by molar-refractivity contribution is 7.90. The lowest BCUT2D eigenvalue weighted by atomic mass is 10.2. The van der Waals surface area contributed by atoms with E-state index in [4.69, 9.17) is 10.4 Å². The Morgan fingerprint density at radius 3 is 2.62 bits per heavy atom. The van der Waals surface area contributed by atoms with Crippen LogP contribution in [0.1, 0.15) is 6.92 Å². The van der Waals surface area contributed by atoms with Crippen molar-refractivity contribution in [3.8, 4) is 6.07 Å². The summed E-state index contributed by atoms with van der Waals surface area (Å²) >= 11 is 0. The number of hydrogen-bond acceptors (Lipinski definition) is 4. The average molecular weight is 206 g/mol. The van der Waals surface area contributed by atoms with E-state index in [0.717, 1.165) is 0 Å². The van der Waals surface area contributed by atoms with E-state index in [2.05, 4.69) is 0 Å². The average Bonchev–Trinajstić information content (AvgIpc) is 1.98. The Morgan fingerprint density at radius 2 is 2.23 bits per heavy atom. The first-order valence-corrected chi connectivity index (χ1v) is 5.11. The van der Waals surface area contributed by atoms with Crippen LogP contribution in [0.3, 0.4) is 0 Å². The van der Waals surface area contributed by atoms with Crippen molar-refractivity contribution >= 4 is 16.0 Å². The summed E-state index contributed by atoms with van der Waals surface area (Å²) in [6.45, 7) is 1.47. The van der Waals surface area contributed by atoms with Gasteiger partial charge in [-0.2, -0.15) is 5.26 Å². The zero-order chi connectivity index (χ0) is 10.5. The Bertz CT molecular complexity index is 316. The largest absolute Gasteiger partial charge is 0.480 e. The first-order chi connectivity index (χ1) is 5.87. The van der Waals surface area contributed by atoms with Crippen LogP contribution in [0.4, 0.5) is 0 Å². The Morgan fingerprint density at radius 1 is 1.69 bits per heavy atom. The lowest BCUT2D eigenvalue weighted by molar-refractivity contribution is -0.134. The third kappa shape index (κ3) is 6.07. The van der Waals surface area contributed by atoms with E-state index in [1.807, 2.05) is 10.8 Å². The molecule has 0 aliphatic carbocycles. The van der Waals surface area contributed by atoms with Crippen LogP contribution in [-0.4, -0.2) is 31.8 Å². The van der Waals surface area contributed by atoms with Crippen LogP contribution < -0.4 is 4.72 Å². The molecule has 0 spiro atoms. The predicted octanol–water partition coefficient (Wildman–Crippen LogP) is -0.850. The van der Waals surface area contributed by atoms with Crippen molar-refractivity contribution < 1.29 is 18.3 Å². The molecule has 0 rings (SSSR count). The molecule has 0 aromatic carbocycles. The number of rotatable bonds is 5. The van der Waals surface area contributed by atoms with Crippen molar-refractivity contribution in [3.05, 3.63) is 0 Å². The number of aliphatic carboxylic acids is 1. The molecule has 0 amide bonds. The number of nitrogens with zero attached hydrogens (tertiary/aromatic N) is 1. The maximum absolute atomic E-state index is 10.9. The van der Waals surface area contributed by atoms with Gasteiger partial charge in [0.2, 0.25) is 10.0 Å². The minimum atomic E-state index is -3.79. The predicted molar refractivity (Wildman–Crippen MR) is 44.2 cm³/mol. The van der Waals surface area contributed by atoms with Gasteiger partial charge in [0, 0.05) is 6.54 Å². The molecule has 74 valence electrons. The van der Waals surface area contributed by atoms with E-state index in [0.29, 0.717) is 0 Å². The zero-order valence-corrected chi connectivity index (χ0v) is 7.84. The van der Waals surface area contributed by atoms with Crippen LogP contribution in [-0.2, 0) is 14.8 Å². The van der Waals surface area contributed by atoms with Crippen LogP contribution in [0.25, 0.3) is 0 Å². The van der Waals surface area contributed by atoms with Crippen molar-refractivity contribution in [2.24, 2.45) is 5.92 Å². The third-order valence-electron chi connectivity index (χ3n) is 1.14. The van der Waals surface area contributed by atoms with Gasteiger partial charge in [0.1, 0.15) is 0 Å². The molecule has 0 bridgehead atoms. The lowest BCUT2D eigenvalue weighted by Crippen LogP contribution is -2.32. The van der Waals surface area contributed by atoms with Crippen LogP contribution in [0.15, 0.2) is 0 Å². The van der Waals surface area contributed by atoms with Crippen molar-refractivity contribution in [2.45, 2.75) is 6.92 Å². The smallest absolute Gasteiger partial charge is 0.320 e. The van der Waals surface area contributed by atoms with Gasteiger partial charge >= 0.3 is 5.97 Å². The van der Waals surface area contributed by atoms with Crippen molar-refractivity contribution in [2.75, 3.05) is 12.3 Å². The Hall–Kier alpha value is -1.13.